The Morgan fingerprint density at radius 2 is 1.86 bits per heavy atom. The second kappa shape index (κ2) is 4.94. The highest BCUT2D eigenvalue weighted by Gasteiger charge is 2.51. The zero-order valence-corrected chi connectivity index (χ0v) is 14.2. The topological polar surface area (TPSA) is 34.9 Å². The van der Waals surface area contributed by atoms with Crippen LogP contribution >= 0.6 is 15.9 Å². The van der Waals surface area contributed by atoms with E-state index in [9.17, 15) is 4.79 Å². The zero-order valence-electron chi connectivity index (χ0n) is 12.6. The van der Waals surface area contributed by atoms with Crippen molar-refractivity contribution in [2.45, 2.75) is 58.4 Å². The minimum absolute atomic E-state index is 0.295. The fourth-order valence-corrected chi connectivity index (χ4v) is 6.33. The predicted octanol–water partition coefficient (Wildman–Crippen LogP) is 4.45. The molecule has 0 aromatic carbocycles. The number of halogens is 1. The molecule has 4 saturated carbocycles. The molecule has 21 heavy (non-hydrogen) atoms. The fourth-order valence-electron chi connectivity index (χ4n) is 5.81. The van der Waals surface area contributed by atoms with Gasteiger partial charge in [0.15, 0.2) is 5.78 Å². The number of hydrogen-bond acceptors (Lipinski definition) is 2. The molecule has 1 aromatic heterocycles. The van der Waals surface area contributed by atoms with E-state index in [1.54, 1.807) is 6.20 Å². The van der Waals surface area contributed by atoms with Gasteiger partial charge in [0.25, 0.3) is 0 Å². The SMILES string of the molecule is CCn1ncc(Br)c1C(=O)CC12CC3CC(CC(C3)C1)C2. The van der Waals surface area contributed by atoms with Crippen molar-refractivity contribution in [3.8, 4) is 0 Å². The van der Waals surface area contributed by atoms with Crippen molar-refractivity contribution in [3.05, 3.63) is 16.4 Å². The van der Waals surface area contributed by atoms with E-state index in [1.807, 2.05) is 11.6 Å². The van der Waals surface area contributed by atoms with Crippen LogP contribution in [0.15, 0.2) is 10.7 Å². The highest BCUT2D eigenvalue weighted by molar-refractivity contribution is 9.10. The third-order valence-corrected chi connectivity index (χ3v) is 6.64. The van der Waals surface area contributed by atoms with E-state index < -0.39 is 0 Å². The van der Waals surface area contributed by atoms with Gasteiger partial charge >= 0.3 is 0 Å². The molecule has 4 bridgehead atoms. The maximum absolute atomic E-state index is 12.9. The number of carbonyl (C=O) groups is 1. The third kappa shape index (κ3) is 2.30. The van der Waals surface area contributed by atoms with Crippen molar-refractivity contribution in [1.82, 2.24) is 9.78 Å². The van der Waals surface area contributed by atoms with Gasteiger partial charge in [0.2, 0.25) is 0 Å². The van der Waals surface area contributed by atoms with Gasteiger partial charge in [-0.2, -0.15) is 5.10 Å². The predicted molar refractivity (Wildman–Crippen MR) is 85.2 cm³/mol. The Morgan fingerprint density at radius 1 is 1.29 bits per heavy atom. The van der Waals surface area contributed by atoms with Crippen LogP contribution in [-0.2, 0) is 6.54 Å². The molecule has 0 spiro atoms. The first-order valence-electron chi connectivity index (χ1n) is 8.33. The van der Waals surface area contributed by atoms with Gasteiger partial charge in [0.1, 0.15) is 5.69 Å². The van der Waals surface area contributed by atoms with Crippen molar-refractivity contribution >= 4 is 21.7 Å². The average Bonchev–Trinajstić information content (AvgIpc) is 2.77. The summed E-state index contributed by atoms with van der Waals surface area (Å²) in [5.74, 6) is 3.01. The number of ketones is 1. The Balaban J connectivity index is 1.58. The van der Waals surface area contributed by atoms with Crippen LogP contribution in [0.4, 0.5) is 0 Å². The first-order chi connectivity index (χ1) is 10.1. The highest BCUT2D eigenvalue weighted by atomic mass is 79.9. The lowest BCUT2D eigenvalue weighted by Gasteiger charge is -2.56. The second-order valence-electron chi connectivity index (χ2n) is 7.67. The molecule has 3 nitrogen and oxygen atoms in total. The summed E-state index contributed by atoms with van der Waals surface area (Å²) in [4.78, 5) is 12.9. The molecule has 114 valence electrons. The molecule has 0 amide bonds. The molecule has 0 atom stereocenters. The minimum atomic E-state index is 0.295. The molecule has 0 radical (unpaired) electrons. The first-order valence-corrected chi connectivity index (χ1v) is 9.12. The van der Waals surface area contributed by atoms with Crippen molar-refractivity contribution < 1.29 is 4.79 Å². The second-order valence-corrected chi connectivity index (χ2v) is 8.53. The van der Waals surface area contributed by atoms with Crippen molar-refractivity contribution in [2.75, 3.05) is 0 Å². The van der Waals surface area contributed by atoms with Gasteiger partial charge in [-0.05, 0) is 84.5 Å². The maximum Gasteiger partial charge on any atom is 0.182 e. The van der Waals surface area contributed by atoms with Gasteiger partial charge in [-0.15, -0.1) is 0 Å². The fraction of sp³-hybridized carbons (Fsp3) is 0.765. The molecule has 0 unspecified atom stereocenters. The molecule has 5 rings (SSSR count). The summed E-state index contributed by atoms with van der Waals surface area (Å²) in [5.41, 5.74) is 1.10. The maximum atomic E-state index is 12.9. The number of aromatic nitrogens is 2. The van der Waals surface area contributed by atoms with Gasteiger partial charge in [0, 0.05) is 13.0 Å². The zero-order chi connectivity index (χ0) is 14.6. The molecule has 4 aliphatic rings. The standard InChI is InChI=1S/C17H23BrN2O/c1-2-20-16(14(18)10-19-20)15(21)9-17-6-11-3-12(7-17)5-13(4-11)8-17/h10-13H,2-9H2,1H3. The normalized spacial score (nSPS) is 37.1. The lowest BCUT2D eigenvalue weighted by atomic mass is 9.48. The van der Waals surface area contributed by atoms with E-state index >= 15 is 0 Å². The average molecular weight is 351 g/mol. The van der Waals surface area contributed by atoms with E-state index in [0.717, 1.165) is 40.9 Å². The largest absolute Gasteiger partial charge is 0.292 e. The Morgan fingerprint density at radius 3 is 2.38 bits per heavy atom. The van der Waals surface area contributed by atoms with Crippen molar-refractivity contribution in [2.24, 2.45) is 23.2 Å². The van der Waals surface area contributed by atoms with Gasteiger partial charge in [-0.25, -0.2) is 0 Å². The number of Topliss-reactive ketones (excluding diaryl/α,β-unsaturated/α-hetero) is 1. The van der Waals surface area contributed by atoms with Crippen LogP contribution in [-0.4, -0.2) is 15.6 Å². The monoisotopic (exact) mass is 350 g/mol. The molecule has 0 saturated heterocycles. The van der Waals surface area contributed by atoms with E-state index in [0.29, 0.717) is 11.2 Å². The first kappa shape index (κ1) is 14.0. The molecule has 4 fully saturated rings. The van der Waals surface area contributed by atoms with Crippen LogP contribution in [0.25, 0.3) is 0 Å². The quantitative estimate of drug-likeness (QED) is 0.751. The summed E-state index contributed by atoms with van der Waals surface area (Å²) in [7, 11) is 0. The molecular weight excluding hydrogens is 328 g/mol. The van der Waals surface area contributed by atoms with Gasteiger partial charge in [-0.1, -0.05) is 0 Å². The molecule has 0 N–H and O–H groups in total. The van der Waals surface area contributed by atoms with Crippen LogP contribution in [0.3, 0.4) is 0 Å². The van der Waals surface area contributed by atoms with E-state index in [-0.39, 0.29) is 0 Å². The number of carbonyl (C=O) groups excluding carboxylic acids is 1. The molecule has 1 aromatic rings. The Hall–Kier alpha value is -0.640. The highest BCUT2D eigenvalue weighted by Crippen LogP contribution is 2.61. The lowest BCUT2D eigenvalue weighted by molar-refractivity contribution is -0.0525. The lowest BCUT2D eigenvalue weighted by Crippen LogP contribution is -2.47. The molecule has 4 heteroatoms. The van der Waals surface area contributed by atoms with E-state index in [1.165, 1.54) is 38.5 Å². The number of aryl methyl sites for hydroxylation is 1. The Labute approximate surface area is 134 Å². The third-order valence-electron chi connectivity index (χ3n) is 6.06. The number of rotatable bonds is 4. The van der Waals surface area contributed by atoms with Crippen LogP contribution in [0.1, 0.15) is 62.4 Å². The summed E-state index contributed by atoms with van der Waals surface area (Å²) in [6.07, 6.45) is 10.7. The summed E-state index contributed by atoms with van der Waals surface area (Å²) in [6.45, 7) is 2.80. The van der Waals surface area contributed by atoms with Crippen LogP contribution in [0, 0.1) is 23.2 Å². The van der Waals surface area contributed by atoms with Crippen molar-refractivity contribution in [3.63, 3.8) is 0 Å². The van der Waals surface area contributed by atoms with Gasteiger partial charge in [0.05, 0.1) is 10.7 Å². The number of nitrogens with zero attached hydrogens (tertiary/aromatic N) is 2. The molecule has 1 heterocycles. The van der Waals surface area contributed by atoms with Gasteiger partial charge < -0.3 is 0 Å². The van der Waals surface area contributed by atoms with E-state index in [2.05, 4.69) is 21.0 Å². The van der Waals surface area contributed by atoms with Crippen LogP contribution in [0.5, 0.6) is 0 Å². The van der Waals surface area contributed by atoms with Gasteiger partial charge in [-0.3, -0.25) is 9.48 Å². The summed E-state index contributed by atoms with van der Waals surface area (Å²) >= 11 is 3.51. The molecule has 0 aliphatic heterocycles. The summed E-state index contributed by atoms with van der Waals surface area (Å²) in [5, 5.41) is 4.30. The Kier molecular flexibility index (Phi) is 3.29. The smallest absolute Gasteiger partial charge is 0.182 e. The van der Waals surface area contributed by atoms with Crippen LogP contribution in [0.2, 0.25) is 0 Å². The molecular formula is C17H23BrN2O. The van der Waals surface area contributed by atoms with Crippen molar-refractivity contribution in [1.29, 1.82) is 0 Å². The van der Waals surface area contributed by atoms with E-state index in [4.69, 9.17) is 0 Å². The summed E-state index contributed by atoms with van der Waals surface area (Å²) < 4.78 is 2.70. The number of hydrogen-bond donors (Lipinski definition) is 0. The minimum Gasteiger partial charge on any atom is -0.292 e. The Bertz CT molecular complexity index is 542. The van der Waals surface area contributed by atoms with Crippen LogP contribution < -0.4 is 0 Å². The molecule has 4 aliphatic carbocycles. The summed E-state index contributed by atoms with van der Waals surface area (Å²) in [6, 6.07) is 0.